The summed E-state index contributed by atoms with van der Waals surface area (Å²) in [6.07, 6.45) is 5.84. The van der Waals surface area contributed by atoms with Gasteiger partial charge in [0.15, 0.2) is 0 Å². The van der Waals surface area contributed by atoms with E-state index in [9.17, 15) is 4.79 Å². The maximum atomic E-state index is 11.5. The zero-order valence-electron chi connectivity index (χ0n) is 8.46. The second-order valence-corrected chi connectivity index (χ2v) is 3.75. The van der Waals surface area contributed by atoms with E-state index in [2.05, 4.69) is 13.5 Å². The summed E-state index contributed by atoms with van der Waals surface area (Å²) >= 11 is 0. The highest BCUT2D eigenvalue weighted by atomic mass is 16.2. The highest BCUT2D eigenvalue weighted by Crippen LogP contribution is 2.19. The van der Waals surface area contributed by atoms with Crippen molar-refractivity contribution >= 4 is 5.91 Å². The van der Waals surface area contributed by atoms with E-state index in [0.717, 1.165) is 19.0 Å². The summed E-state index contributed by atoms with van der Waals surface area (Å²) in [5.41, 5.74) is 0. The highest BCUT2D eigenvalue weighted by Gasteiger charge is 2.21. The summed E-state index contributed by atoms with van der Waals surface area (Å²) in [5.74, 6) is 0.968. The third-order valence-corrected chi connectivity index (χ3v) is 2.77. The SMILES string of the molecule is C=CCC(=O)N1CCC[C@@H](CC)C1. The van der Waals surface area contributed by atoms with Gasteiger partial charge in [-0.25, -0.2) is 0 Å². The van der Waals surface area contributed by atoms with Gasteiger partial charge >= 0.3 is 0 Å². The van der Waals surface area contributed by atoms with Crippen molar-refractivity contribution in [3.63, 3.8) is 0 Å². The molecule has 1 aliphatic heterocycles. The average Bonchev–Trinajstić information content (AvgIpc) is 2.18. The van der Waals surface area contributed by atoms with E-state index in [1.165, 1.54) is 19.3 Å². The molecule has 74 valence electrons. The van der Waals surface area contributed by atoms with E-state index in [-0.39, 0.29) is 5.91 Å². The normalized spacial score (nSPS) is 22.8. The fraction of sp³-hybridized carbons (Fsp3) is 0.727. The van der Waals surface area contributed by atoms with Crippen LogP contribution < -0.4 is 0 Å². The molecule has 1 heterocycles. The van der Waals surface area contributed by atoms with Crippen molar-refractivity contribution in [3.05, 3.63) is 12.7 Å². The van der Waals surface area contributed by atoms with Crippen molar-refractivity contribution in [1.82, 2.24) is 4.90 Å². The first-order valence-corrected chi connectivity index (χ1v) is 5.16. The Labute approximate surface area is 80.6 Å². The van der Waals surface area contributed by atoms with Crippen molar-refractivity contribution in [3.8, 4) is 0 Å². The third-order valence-electron chi connectivity index (χ3n) is 2.77. The number of carbonyl (C=O) groups excluding carboxylic acids is 1. The summed E-state index contributed by atoms with van der Waals surface area (Å²) in [6.45, 7) is 7.70. The molecule has 1 atom stereocenters. The molecule has 0 bridgehead atoms. The molecule has 0 N–H and O–H groups in total. The molecule has 13 heavy (non-hydrogen) atoms. The van der Waals surface area contributed by atoms with Gasteiger partial charge in [0.05, 0.1) is 0 Å². The molecule has 0 unspecified atom stereocenters. The Morgan fingerprint density at radius 1 is 1.69 bits per heavy atom. The molecule has 1 fully saturated rings. The Morgan fingerprint density at radius 2 is 2.46 bits per heavy atom. The highest BCUT2D eigenvalue weighted by molar-refractivity contribution is 5.77. The predicted octanol–water partition coefficient (Wildman–Crippen LogP) is 2.21. The Balaban J connectivity index is 2.41. The van der Waals surface area contributed by atoms with Crippen LogP contribution in [0, 0.1) is 5.92 Å². The van der Waals surface area contributed by atoms with Crippen molar-refractivity contribution in [2.75, 3.05) is 13.1 Å². The molecule has 1 amide bonds. The Kier molecular flexibility index (Phi) is 4.00. The van der Waals surface area contributed by atoms with Crippen LogP contribution in [0.2, 0.25) is 0 Å². The molecule has 2 heteroatoms. The first-order chi connectivity index (χ1) is 6.27. The number of hydrogen-bond donors (Lipinski definition) is 0. The molecule has 1 aliphatic rings. The monoisotopic (exact) mass is 181 g/mol. The largest absolute Gasteiger partial charge is 0.342 e. The molecule has 0 aromatic heterocycles. The topological polar surface area (TPSA) is 20.3 Å². The van der Waals surface area contributed by atoms with Gasteiger partial charge in [-0.2, -0.15) is 0 Å². The lowest BCUT2D eigenvalue weighted by Gasteiger charge is -2.32. The summed E-state index contributed by atoms with van der Waals surface area (Å²) in [5, 5.41) is 0. The van der Waals surface area contributed by atoms with Gasteiger partial charge in [-0.3, -0.25) is 4.79 Å². The maximum absolute atomic E-state index is 11.5. The average molecular weight is 181 g/mol. The van der Waals surface area contributed by atoms with E-state index in [0.29, 0.717) is 6.42 Å². The van der Waals surface area contributed by atoms with Gasteiger partial charge in [0.1, 0.15) is 0 Å². The lowest BCUT2D eigenvalue weighted by atomic mass is 9.95. The maximum Gasteiger partial charge on any atom is 0.226 e. The van der Waals surface area contributed by atoms with Gasteiger partial charge in [0, 0.05) is 19.5 Å². The standard InChI is InChI=1S/C11H19NO/c1-3-6-11(13)12-8-5-7-10(4-2)9-12/h3,10H,1,4-9H2,2H3/t10-/m1/s1. The molecule has 0 saturated carbocycles. The Bertz CT molecular complexity index is 189. The van der Waals surface area contributed by atoms with Crippen molar-refractivity contribution in [2.45, 2.75) is 32.6 Å². The van der Waals surface area contributed by atoms with Gasteiger partial charge in [0.25, 0.3) is 0 Å². The molecular weight excluding hydrogens is 162 g/mol. The van der Waals surface area contributed by atoms with Crippen LogP contribution in [0.4, 0.5) is 0 Å². The van der Waals surface area contributed by atoms with Crippen LogP contribution in [-0.4, -0.2) is 23.9 Å². The quantitative estimate of drug-likeness (QED) is 0.611. The lowest BCUT2D eigenvalue weighted by molar-refractivity contribution is -0.132. The number of amides is 1. The zero-order chi connectivity index (χ0) is 9.68. The number of piperidine rings is 1. The molecule has 2 nitrogen and oxygen atoms in total. The van der Waals surface area contributed by atoms with Gasteiger partial charge < -0.3 is 4.90 Å². The number of likely N-dealkylation sites (tertiary alicyclic amines) is 1. The van der Waals surface area contributed by atoms with Gasteiger partial charge in [-0.1, -0.05) is 19.4 Å². The molecule has 0 spiro atoms. The van der Waals surface area contributed by atoms with Crippen LogP contribution in [0.25, 0.3) is 0 Å². The molecule has 1 saturated heterocycles. The molecule has 1 rings (SSSR count). The van der Waals surface area contributed by atoms with E-state index < -0.39 is 0 Å². The van der Waals surface area contributed by atoms with Crippen LogP contribution in [0.15, 0.2) is 12.7 Å². The minimum atomic E-state index is 0.244. The van der Waals surface area contributed by atoms with Crippen LogP contribution in [0.3, 0.4) is 0 Å². The first kappa shape index (κ1) is 10.3. The number of hydrogen-bond acceptors (Lipinski definition) is 1. The van der Waals surface area contributed by atoms with Crippen molar-refractivity contribution < 1.29 is 4.79 Å². The smallest absolute Gasteiger partial charge is 0.226 e. The fourth-order valence-electron chi connectivity index (χ4n) is 1.88. The second kappa shape index (κ2) is 5.05. The minimum absolute atomic E-state index is 0.244. The van der Waals surface area contributed by atoms with Crippen molar-refractivity contribution in [2.24, 2.45) is 5.92 Å². The Morgan fingerprint density at radius 3 is 3.08 bits per heavy atom. The molecule has 0 aliphatic carbocycles. The lowest BCUT2D eigenvalue weighted by Crippen LogP contribution is -2.39. The summed E-state index contributed by atoms with van der Waals surface area (Å²) < 4.78 is 0. The summed E-state index contributed by atoms with van der Waals surface area (Å²) in [4.78, 5) is 13.5. The molecule has 0 aromatic rings. The fourth-order valence-corrected chi connectivity index (χ4v) is 1.88. The third kappa shape index (κ3) is 2.87. The van der Waals surface area contributed by atoms with E-state index in [1.54, 1.807) is 6.08 Å². The molecule has 0 aromatic carbocycles. The van der Waals surface area contributed by atoms with Gasteiger partial charge in [-0.15, -0.1) is 6.58 Å². The van der Waals surface area contributed by atoms with Gasteiger partial charge in [0.2, 0.25) is 5.91 Å². The zero-order valence-corrected chi connectivity index (χ0v) is 8.46. The van der Waals surface area contributed by atoms with Crippen LogP contribution in [0.1, 0.15) is 32.6 Å². The predicted molar refractivity (Wildman–Crippen MR) is 54.4 cm³/mol. The van der Waals surface area contributed by atoms with Crippen LogP contribution in [0.5, 0.6) is 0 Å². The number of carbonyl (C=O) groups is 1. The van der Waals surface area contributed by atoms with Crippen LogP contribution in [-0.2, 0) is 4.79 Å². The summed E-state index contributed by atoms with van der Waals surface area (Å²) in [7, 11) is 0. The minimum Gasteiger partial charge on any atom is -0.342 e. The summed E-state index contributed by atoms with van der Waals surface area (Å²) in [6, 6.07) is 0. The van der Waals surface area contributed by atoms with Gasteiger partial charge in [-0.05, 0) is 18.8 Å². The van der Waals surface area contributed by atoms with Crippen molar-refractivity contribution in [1.29, 1.82) is 0 Å². The number of rotatable bonds is 3. The van der Waals surface area contributed by atoms with E-state index in [4.69, 9.17) is 0 Å². The molecular formula is C11H19NO. The first-order valence-electron chi connectivity index (χ1n) is 5.16. The van der Waals surface area contributed by atoms with E-state index >= 15 is 0 Å². The van der Waals surface area contributed by atoms with E-state index in [1.807, 2.05) is 4.90 Å². The number of nitrogens with zero attached hydrogens (tertiary/aromatic N) is 1. The van der Waals surface area contributed by atoms with Crippen LogP contribution >= 0.6 is 0 Å². The second-order valence-electron chi connectivity index (χ2n) is 3.75. The Hall–Kier alpha value is -0.790. The molecule has 0 radical (unpaired) electrons.